The Morgan fingerprint density at radius 1 is 1.62 bits per heavy atom. The first-order chi connectivity index (χ1) is 6.11. The molecule has 0 fully saturated rings. The van der Waals surface area contributed by atoms with Crippen LogP contribution in [0.5, 0.6) is 0 Å². The fourth-order valence-electron chi connectivity index (χ4n) is 0.801. The molecule has 0 aliphatic rings. The van der Waals surface area contributed by atoms with Gasteiger partial charge in [0.2, 0.25) is 0 Å². The molecule has 1 aromatic rings. The summed E-state index contributed by atoms with van der Waals surface area (Å²) in [6, 6.07) is 0. The van der Waals surface area contributed by atoms with E-state index in [-0.39, 0.29) is 5.78 Å². The van der Waals surface area contributed by atoms with E-state index in [4.69, 9.17) is 0 Å². The van der Waals surface area contributed by atoms with Crippen molar-refractivity contribution in [2.45, 2.75) is 19.1 Å². The maximum absolute atomic E-state index is 11.6. The highest BCUT2D eigenvalue weighted by atomic mass is 79.9. The van der Waals surface area contributed by atoms with Crippen molar-refractivity contribution >= 4 is 44.8 Å². The molecular formula is C9H11BrOS2. The van der Waals surface area contributed by atoms with E-state index in [0.29, 0.717) is 11.0 Å². The van der Waals surface area contributed by atoms with E-state index >= 15 is 0 Å². The number of thioether (sulfide) groups is 1. The molecule has 0 spiro atoms. The van der Waals surface area contributed by atoms with Crippen molar-refractivity contribution in [1.82, 2.24) is 0 Å². The lowest BCUT2D eigenvalue weighted by Gasteiger charge is -2.02. The molecule has 0 N–H and O–H groups in total. The van der Waals surface area contributed by atoms with Gasteiger partial charge in [0.25, 0.3) is 0 Å². The first kappa shape index (κ1) is 11.3. The van der Waals surface area contributed by atoms with Gasteiger partial charge in [-0.25, -0.2) is 0 Å². The summed E-state index contributed by atoms with van der Waals surface area (Å²) in [6.45, 7) is 4.20. The molecule has 1 heterocycles. The zero-order chi connectivity index (χ0) is 9.84. The molecule has 0 aliphatic carbocycles. The molecule has 0 aromatic carbocycles. The molecule has 0 amide bonds. The molecule has 1 aromatic heterocycles. The van der Waals surface area contributed by atoms with Crippen LogP contribution in [0.2, 0.25) is 0 Å². The van der Waals surface area contributed by atoms with Crippen molar-refractivity contribution in [3.05, 3.63) is 20.8 Å². The topological polar surface area (TPSA) is 17.1 Å². The van der Waals surface area contributed by atoms with Crippen molar-refractivity contribution in [3.63, 3.8) is 0 Å². The Hall–Kier alpha value is 0.200. The molecule has 0 saturated carbocycles. The van der Waals surface area contributed by atoms with Crippen molar-refractivity contribution in [3.8, 4) is 0 Å². The van der Waals surface area contributed by atoms with Crippen LogP contribution in [0.1, 0.15) is 24.2 Å². The average molecular weight is 279 g/mol. The van der Waals surface area contributed by atoms with Crippen LogP contribution >= 0.6 is 39.0 Å². The maximum Gasteiger partial charge on any atom is 0.174 e. The summed E-state index contributed by atoms with van der Waals surface area (Å²) >= 11 is 6.59. The van der Waals surface area contributed by atoms with Crippen LogP contribution < -0.4 is 0 Å². The van der Waals surface area contributed by atoms with Gasteiger partial charge in [-0.3, -0.25) is 4.79 Å². The normalized spacial score (nSPS) is 10.8. The Labute approximate surface area is 95.0 Å². The smallest absolute Gasteiger partial charge is 0.174 e. The number of ketones is 1. The van der Waals surface area contributed by atoms with Gasteiger partial charge in [0, 0.05) is 20.8 Å². The van der Waals surface area contributed by atoms with Gasteiger partial charge in [0.15, 0.2) is 5.78 Å². The number of carbonyl (C=O) groups excluding carboxylic acids is 1. The quantitative estimate of drug-likeness (QED) is 0.779. The summed E-state index contributed by atoms with van der Waals surface area (Å²) in [4.78, 5) is 11.6. The minimum atomic E-state index is 0.215. The highest BCUT2D eigenvalue weighted by molar-refractivity contribution is 9.10. The number of rotatable bonds is 4. The summed E-state index contributed by atoms with van der Waals surface area (Å²) in [6.07, 6.45) is 0. The highest BCUT2D eigenvalue weighted by Crippen LogP contribution is 2.23. The molecule has 1 rings (SSSR count). The lowest BCUT2D eigenvalue weighted by atomic mass is 10.2. The van der Waals surface area contributed by atoms with Crippen LogP contribution in [-0.2, 0) is 0 Å². The molecule has 0 unspecified atom stereocenters. The molecule has 0 bridgehead atoms. The molecule has 72 valence electrons. The van der Waals surface area contributed by atoms with Gasteiger partial charge in [0.1, 0.15) is 0 Å². The van der Waals surface area contributed by atoms with Crippen LogP contribution in [-0.4, -0.2) is 16.8 Å². The summed E-state index contributed by atoms with van der Waals surface area (Å²) in [5.41, 5.74) is 0.818. The summed E-state index contributed by atoms with van der Waals surface area (Å²) < 4.78 is 0.923. The van der Waals surface area contributed by atoms with Gasteiger partial charge in [-0.1, -0.05) is 13.8 Å². The van der Waals surface area contributed by atoms with E-state index in [1.54, 1.807) is 23.1 Å². The molecule has 0 radical (unpaired) electrons. The van der Waals surface area contributed by atoms with Gasteiger partial charge in [-0.15, -0.1) is 0 Å². The number of thiophene rings is 1. The SMILES string of the molecule is CC(C)SCC(=O)c1cscc1Br. The van der Waals surface area contributed by atoms with E-state index < -0.39 is 0 Å². The lowest BCUT2D eigenvalue weighted by Crippen LogP contribution is -2.04. The first-order valence-electron chi connectivity index (χ1n) is 3.97. The fraction of sp³-hybridized carbons (Fsp3) is 0.444. The second kappa shape index (κ2) is 5.17. The number of hydrogen-bond acceptors (Lipinski definition) is 3. The van der Waals surface area contributed by atoms with Crippen molar-refractivity contribution in [2.24, 2.45) is 0 Å². The largest absolute Gasteiger partial charge is 0.293 e. The Balaban J connectivity index is 2.54. The van der Waals surface area contributed by atoms with Gasteiger partial charge in [-0.05, 0) is 21.2 Å². The molecule has 0 aliphatic heterocycles. The van der Waals surface area contributed by atoms with E-state index in [2.05, 4.69) is 29.8 Å². The molecule has 4 heteroatoms. The second-order valence-corrected chi connectivity index (χ2v) is 6.08. The number of hydrogen-bond donors (Lipinski definition) is 0. The molecule has 1 nitrogen and oxygen atoms in total. The number of halogens is 1. The van der Waals surface area contributed by atoms with E-state index in [0.717, 1.165) is 10.0 Å². The average Bonchev–Trinajstić information content (AvgIpc) is 2.47. The van der Waals surface area contributed by atoms with E-state index in [1.165, 1.54) is 0 Å². The van der Waals surface area contributed by atoms with Crippen LogP contribution in [0, 0.1) is 0 Å². The maximum atomic E-state index is 11.6. The van der Waals surface area contributed by atoms with Crippen molar-refractivity contribution < 1.29 is 4.79 Å². The van der Waals surface area contributed by atoms with Crippen LogP contribution in [0.3, 0.4) is 0 Å². The van der Waals surface area contributed by atoms with Crippen molar-refractivity contribution in [1.29, 1.82) is 0 Å². The number of carbonyl (C=O) groups is 1. The monoisotopic (exact) mass is 278 g/mol. The Morgan fingerprint density at radius 3 is 2.77 bits per heavy atom. The van der Waals surface area contributed by atoms with Crippen molar-refractivity contribution in [2.75, 3.05) is 5.75 Å². The third-order valence-corrected chi connectivity index (χ3v) is 4.26. The molecule has 0 atom stereocenters. The van der Waals surface area contributed by atoms with Crippen LogP contribution in [0.15, 0.2) is 15.2 Å². The van der Waals surface area contributed by atoms with Gasteiger partial charge < -0.3 is 0 Å². The molecule has 13 heavy (non-hydrogen) atoms. The molecular weight excluding hydrogens is 268 g/mol. The minimum absolute atomic E-state index is 0.215. The standard InChI is InChI=1S/C9H11BrOS2/c1-6(2)13-5-9(11)7-3-12-4-8(7)10/h3-4,6H,5H2,1-2H3. The van der Waals surface area contributed by atoms with E-state index in [9.17, 15) is 4.79 Å². The Kier molecular flexibility index (Phi) is 4.49. The minimum Gasteiger partial charge on any atom is -0.293 e. The van der Waals surface area contributed by atoms with E-state index in [1.807, 2.05) is 10.8 Å². The zero-order valence-corrected chi connectivity index (χ0v) is 10.8. The third kappa shape index (κ3) is 3.44. The summed E-state index contributed by atoms with van der Waals surface area (Å²) in [5.74, 6) is 0.791. The first-order valence-corrected chi connectivity index (χ1v) is 6.76. The predicted octanol–water partition coefficient (Wildman–Crippen LogP) is 3.83. The van der Waals surface area contributed by atoms with Crippen LogP contribution in [0.4, 0.5) is 0 Å². The predicted molar refractivity (Wildman–Crippen MR) is 63.9 cm³/mol. The van der Waals surface area contributed by atoms with Gasteiger partial charge in [-0.2, -0.15) is 23.1 Å². The second-order valence-electron chi connectivity index (χ2n) is 2.92. The highest BCUT2D eigenvalue weighted by Gasteiger charge is 2.11. The summed E-state index contributed by atoms with van der Waals surface area (Å²) in [5, 5.41) is 4.35. The van der Waals surface area contributed by atoms with Gasteiger partial charge in [0.05, 0.1) is 5.75 Å². The fourth-order valence-corrected chi connectivity index (χ4v) is 2.96. The van der Waals surface area contributed by atoms with Crippen LogP contribution in [0.25, 0.3) is 0 Å². The molecule has 0 saturated heterocycles. The zero-order valence-electron chi connectivity index (χ0n) is 7.54. The Bertz CT molecular complexity index is 294. The Morgan fingerprint density at radius 2 is 2.31 bits per heavy atom. The number of Topliss-reactive ketones (excluding diaryl/α,β-unsaturated/α-hetero) is 1. The lowest BCUT2D eigenvalue weighted by molar-refractivity contribution is 0.102. The van der Waals surface area contributed by atoms with Gasteiger partial charge >= 0.3 is 0 Å². The third-order valence-electron chi connectivity index (χ3n) is 1.46. The summed E-state index contributed by atoms with van der Waals surface area (Å²) in [7, 11) is 0.